The topological polar surface area (TPSA) is 77.0 Å². The maximum absolute atomic E-state index is 11.2. The van der Waals surface area contributed by atoms with Gasteiger partial charge in [0.15, 0.2) is 0 Å². The van der Waals surface area contributed by atoms with Crippen LogP contribution < -0.4 is 15.4 Å². The van der Waals surface area contributed by atoms with Crippen LogP contribution in [0.25, 0.3) is 0 Å². The summed E-state index contributed by atoms with van der Waals surface area (Å²) in [5, 5.41) is 10.8. The number of nitrogens with two attached hydrogens (primary N) is 1. The molecule has 1 heterocycles. The minimum Gasteiger partial charge on any atom is -0.489 e. The first kappa shape index (κ1) is 18.5. The zero-order chi connectivity index (χ0) is 17.0. The van der Waals surface area contributed by atoms with Crippen LogP contribution in [-0.2, 0) is 4.79 Å². The number of likely N-dealkylation sites (tertiary alicyclic amines) is 1. The maximum atomic E-state index is 11.2. The standard InChI is InChI=1S/C16H22BrClN2O3/c1-10-6-12(18)7-14(17)15(10)23-9-13(21)8-20-4-2-11(3-5-20)16(19)22/h6-7,11,13,21H,2-5,8-9H2,1H3,(H2,19,22)/p+1/t13-/m1/s1. The quantitative estimate of drug-likeness (QED) is 0.658. The number of hydrogen-bond donors (Lipinski definition) is 3. The fraction of sp³-hybridized carbons (Fsp3) is 0.562. The molecule has 1 aromatic carbocycles. The molecule has 2 rings (SSSR count). The zero-order valence-electron chi connectivity index (χ0n) is 13.1. The Morgan fingerprint density at radius 1 is 1.52 bits per heavy atom. The fourth-order valence-corrected chi connectivity index (χ4v) is 4.04. The van der Waals surface area contributed by atoms with Gasteiger partial charge in [0.2, 0.25) is 5.91 Å². The van der Waals surface area contributed by atoms with Crippen molar-refractivity contribution >= 4 is 33.4 Å². The van der Waals surface area contributed by atoms with Gasteiger partial charge in [-0.25, -0.2) is 0 Å². The number of carbonyl (C=O) groups excluding carboxylic acids is 1. The lowest BCUT2D eigenvalue weighted by molar-refractivity contribution is -0.908. The molecule has 23 heavy (non-hydrogen) atoms. The van der Waals surface area contributed by atoms with Gasteiger partial charge in [-0.05, 0) is 40.5 Å². The van der Waals surface area contributed by atoms with Gasteiger partial charge < -0.3 is 20.5 Å². The van der Waals surface area contributed by atoms with Crippen molar-refractivity contribution in [1.29, 1.82) is 0 Å². The van der Waals surface area contributed by atoms with Crippen molar-refractivity contribution in [3.05, 3.63) is 27.2 Å². The molecule has 4 N–H and O–H groups in total. The van der Waals surface area contributed by atoms with Gasteiger partial charge in [0.25, 0.3) is 0 Å². The molecule has 1 amide bonds. The molecule has 0 spiro atoms. The monoisotopic (exact) mass is 405 g/mol. The normalized spacial score (nSPS) is 22.6. The van der Waals surface area contributed by atoms with Gasteiger partial charge in [-0.1, -0.05) is 11.6 Å². The largest absolute Gasteiger partial charge is 0.489 e. The molecule has 128 valence electrons. The van der Waals surface area contributed by atoms with Crippen molar-refractivity contribution in [1.82, 2.24) is 0 Å². The number of aliphatic hydroxyl groups excluding tert-OH is 1. The minimum absolute atomic E-state index is 0.0141. The second kappa shape index (κ2) is 8.33. The molecule has 0 aromatic heterocycles. The number of benzene rings is 1. The summed E-state index contributed by atoms with van der Waals surface area (Å²) < 4.78 is 6.52. The summed E-state index contributed by atoms with van der Waals surface area (Å²) in [5.74, 6) is 0.478. The molecule has 1 aromatic rings. The molecule has 0 unspecified atom stereocenters. The summed E-state index contributed by atoms with van der Waals surface area (Å²) in [6, 6.07) is 3.60. The lowest BCUT2D eigenvalue weighted by atomic mass is 9.96. The van der Waals surface area contributed by atoms with Crippen molar-refractivity contribution < 1.29 is 19.5 Å². The van der Waals surface area contributed by atoms with E-state index in [1.807, 2.05) is 13.0 Å². The molecule has 0 bridgehead atoms. The van der Waals surface area contributed by atoms with Crippen molar-refractivity contribution in [2.45, 2.75) is 25.9 Å². The average molecular weight is 407 g/mol. The third kappa shape index (κ3) is 5.35. The van der Waals surface area contributed by atoms with E-state index in [9.17, 15) is 9.90 Å². The predicted octanol–water partition coefficient (Wildman–Crippen LogP) is 0.931. The van der Waals surface area contributed by atoms with Crippen molar-refractivity contribution in [2.75, 3.05) is 26.2 Å². The highest BCUT2D eigenvalue weighted by molar-refractivity contribution is 9.10. The Labute approximate surface area is 149 Å². The van der Waals surface area contributed by atoms with Gasteiger partial charge in [0.1, 0.15) is 25.0 Å². The molecule has 0 aliphatic carbocycles. The van der Waals surface area contributed by atoms with E-state index >= 15 is 0 Å². The van der Waals surface area contributed by atoms with E-state index in [0.29, 0.717) is 17.3 Å². The average Bonchev–Trinajstić information content (AvgIpc) is 2.46. The Hall–Kier alpha value is -0.820. The highest BCUT2D eigenvalue weighted by Gasteiger charge is 2.27. The third-order valence-corrected chi connectivity index (χ3v) is 5.04. The number of piperidine rings is 1. The number of halogens is 2. The second-order valence-electron chi connectivity index (χ2n) is 6.13. The van der Waals surface area contributed by atoms with Crippen LogP contribution in [0.2, 0.25) is 5.02 Å². The van der Waals surface area contributed by atoms with E-state index in [0.717, 1.165) is 36.0 Å². The van der Waals surface area contributed by atoms with E-state index in [2.05, 4.69) is 15.9 Å². The first-order valence-electron chi connectivity index (χ1n) is 7.76. The van der Waals surface area contributed by atoms with Gasteiger partial charge in [0.05, 0.1) is 17.6 Å². The summed E-state index contributed by atoms with van der Waals surface area (Å²) in [4.78, 5) is 12.4. The summed E-state index contributed by atoms with van der Waals surface area (Å²) in [6.45, 7) is 4.46. The zero-order valence-corrected chi connectivity index (χ0v) is 15.5. The summed E-state index contributed by atoms with van der Waals surface area (Å²) in [5.41, 5.74) is 6.26. The first-order chi connectivity index (χ1) is 10.9. The van der Waals surface area contributed by atoms with E-state index in [4.69, 9.17) is 22.1 Å². The molecule has 5 nitrogen and oxygen atoms in total. The third-order valence-electron chi connectivity index (χ3n) is 4.23. The predicted molar refractivity (Wildman–Crippen MR) is 92.9 cm³/mol. The number of rotatable bonds is 6. The molecular formula is C16H23BrClN2O3+. The van der Waals surface area contributed by atoms with Crippen LogP contribution in [0, 0.1) is 12.8 Å². The van der Waals surface area contributed by atoms with Crippen LogP contribution in [-0.4, -0.2) is 43.4 Å². The van der Waals surface area contributed by atoms with Crippen LogP contribution in [0.5, 0.6) is 5.75 Å². The Balaban J connectivity index is 1.80. The summed E-state index contributed by atoms with van der Waals surface area (Å²) >= 11 is 9.40. The number of amides is 1. The Kier molecular flexibility index (Phi) is 6.71. The van der Waals surface area contributed by atoms with Gasteiger partial charge in [0, 0.05) is 23.8 Å². The molecular weight excluding hydrogens is 384 g/mol. The SMILES string of the molecule is Cc1cc(Cl)cc(Br)c1OC[C@H](O)C[NH+]1CCC(C(N)=O)CC1. The molecule has 1 atom stereocenters. The first-order valence-corrected chi connectivity index (χ1v) is 8.93. The highest BCUT2D eigenvalue weighted by atomic mass is 79.9. The molecule has 1 fully saturated rings. The number of carbonyl (C=O) groups is 1. The fourth-order valence-electron chi connectivity index (χ4n) is 2.96. The molecule has 0 saturated carbocycles. The van der Waals surface area contributed by atoms with Crippen molar-refractivity contribution in [3.63, 3.8) is 0 Å². The van der Waals surface area contributed by atoms with Crippen molar-refractivity contribution in [3.8, 4) is 5.75 Å². The molecule has 0 radical (unpaired) electrons. The summed E-state index contributed by atoms with van der Waals surface area (Å²) in [7, 11) is 0. The number of nitrogens with one attached hydrogen (secondary N) is 1. The van der Waals surface area contributed by atoms with Gasteiger partial charge in [-0.2, -0.15) is 0 Å². The van der Waals surface area contributed by atoms with Crippen LogP contribution in [0.1, 0.15) is 18.4 Å². The number of aliphatic hydroxyl groups is 1. The van der Waals surface area contributed by atoms with E-state index in [1.165, 1.54) is 4.90 Å². The van der Waals surface area contributed by atoms with Crippen molar-refractivity contribution in [2.24, 2.45) is 11.7 Å². The van der Waals surface area contributed by atoms with Crippen LogP contribution in [0.15, 0.2) is 16.6 Å². The number of primary amides is 1. The van der Waals surface area contributed by atoms with E-state index in [1.54, 1.807) is 6.07 Å². The maximum Gasteiger partial charge on any atom is 0.220 e. The number of aryl methyl sites for hydroxylation is 1. The van der Waals surface area contributed by atoms with E-state index in [-0.39, 0.29) is 18.4 Å². The molecule has 7 heteroatoms. The van der Waals surface area contributed by atoms with E-state index < -0.39 is 6.10 Å². The second-order valence-corrected chi connectivity index (χ2v) is 7.42. The summed E-state index contributed by atoms with van der Waals surface area (Å²) in [6.07, 6.45) is 1.03. The number of ether oxygens (including phenoxy) is 1. The number of hydrogen-bond acceptors (Lipinski definition) is 3. The Morgan fingerprint density at radius 2 is 2.17 bits per heavy atom. The molecule has 1 aliphatic rings. The minimum atomic E-state index is -0.558. The lowest BCUT2D eigenvalue weighted by Gasteiger charge is -2.29. The molecule has 1 aliphatic heterocycles. The van der Waals surface area contributed by atoms with Crippen LogP contribution in [0.3, 0.4) is 0 Å². The Morgan fingerprint density at radius 3 is 2.74 bits per heavy atom. The molecule has 1 saturated heterocycles. The van der Waals surface area contributed by atoms with Gasteiger partial charge in [-0.3, -0.25) is 4.79 Å². The smallest absolute Gasteiger partial charge is 0.220 e. The van der Waals surface area contributed by atoms with Gasteiger partial charge >= 0.3 is 0 Å². The number of quaternary nitrogens is 1. The van der Waals surface area contributed by atoms with Crippen LogP contribution >= 0.6 is 27.5 Å². The Bertz CT molecular complexity index is 539. The van der Waals surface area contributed by atoms with Crippen LogP contribution in [0.4, 0.5) is 0 Å². The van der Waals surface area contributed by atoms with Gasteiger partial charge in [-0.15, -0.1) is 0 Å². The highest BCUT2D eigenvalue weighted by Crippen LogP contribution is 2.32. The lowest BCUT2D eigenvalue weighted by Crippen LogP contribution is -3.14.